The Morgan fingerprint density at radius 2 is 2.16 bits per heavy atom. The Morgan fingerprint density at radius 3 is 2.74 bits per heavy atom. The summed E-state index contributed by atoms with van der Waals surface area (Å²) < 4.78 is 5.51. The van der Waals surface area contributed by atoms with Crippen molar-refractivity contribution in [2.24, 2.45) is 0 Å². The molecule has 1 amide bonds. The van der Waals surface area contributed by atoms with Crippen LogP contribution in [0.3, 0.4) is 0 Å². The van der Waals surface area contributed by atoms with Gasteiger partial charge in [-0.25, -0.2) is 0 Å². The van der Waals surface area contributed by atoms with Crippen LogP contribution in [-0.4, -0.2) is 45.8 Å². The lowest BCUT2D eigenvalue weighted by molar-refractivity contribution is -0.119. The second-order valence-corrected chi connectivity index (χ2v) is 4.89. The first kappa shape index (κ1) is 13.8. The number of carbonyl (C=O) groups excluding carboxylic acids is 1. The van der Waals surface area contributed by atoms with E-state index in [1.165, 1.54) is 0 Å². The lowest BCUT2D eigenvalue weighted by Crippen LogP contribution is -2.40. The third-order valence-corrected chi connectivity index (χ3v) is 3.08. The second-order valence-electron chi connectivity index (χ2n) is 4.89. The van der Waals surface area contributed by atoms with Crippen LogP contribution in [0.25, 0.3) is 0 Å². The van der Waals surface area contributed by atoms with Gasteiger partial charge in [0.05, 0.1) is 19.1 Å². The monoisotopic (exact) mass is 263 g/mol. The molecule has 2 N–H and O–H groups in total. The summed E-state index contributed by atoms with van der Waals surface area (Å²) >= 11 is 0. The molecule has 0 aliphatic carbocycles. The second kappa shape index (κ2) is 6.54. The van der Waals surface area contributed by atoms with Crippen molar-refractivity contribution >= 4 is 17.3 Å². The number of benzene rings is 1. The molecule has 5 nitrogen and oxygen atoms in total. The van der Waals surface area contributed by atoms with Gasteiger partial charge in [0, 0.05) is 38.6 Å². The molecule has 1 aromatic carbocycles. The normalized spacial score (nSPS) is 18.9. The summed E-state index contributed by atoms with van der Waals surface area (Å²) in [6, 6.07) is 7.78. The Kier molecular flexibility index (Phi) is 4.76. The van der Waals surface area contributed by atoms with Gasteiger partial charge in [0.25, 0.3) is 0 Å². The highest BCUT2D eigenvalue weighted by atomic mass is 16.5. The zero-order valence-electron chi connectivity index (χ0n) is 11.5. The van der Waals surface area contributed by atoms with E-state index >= 15 is 0 Å². The van der Waals surface area contributed by atoms with Crippen LogP contribution in [0, 0.1) is 0 Å². The summed E-state index contributed by atoms with van der Waals surface area (Å²) in [5.74, 6) is -0.00805. The van der Waals surface area contributed by atoms with Crippen molar-refractivity contribution in [3.05, 3.63) is 24.3 Å². The third-order valence-electron chi connectivity index (χ3n) is 3.08. The van der Waals surface area contributed by atoms with Crippen LogP contribution in [0.1, 0.15) is 6.42 Å². The van der Waals surface area contributed by atoms with Crippen molar-refractivity contribution < 1.29 is 9.53 Å². The number of amides is 1. The van der Waals surface area contributed by atoms with E-state index in [9.17, 15) is 4.79 Å². The summed E-state index contributed by atoms with van der Waals surface area (Å²) in [6.45, 7) is 2.28. The fourth-order valence-corrected chi connectivity index (χ4v) is 2.01. The van der Waals surface area contributed by atoms with Crippen LogP contribution in [0.4, 0.5) is 11.4 Å². The number of hydrogen-bond acceptors (Lipinski definition) is 4. The molecule has 104 valence electrons. The molecule has 1 aliphatic heterocycles. The van der Waals surface area contributed by atoms with E-state index in [1.54, 1.807) is 0 Å². The molecule has 5 heteroatoms. The van der Waals surface area contributed by atoms with Crippen molar-refractivity contribution in [1.29, 1.82) is 0 Å². The Bertz CT molecular complexity index is 411. The van der Waals surface area contributed by atoms with Crippen LogP contribution in [0.2, 0.25) is 0 Å². The summed E-state index contributed by atoms with van der Waals surface area (Å²) in [5.41, 5.74) is 1.93. The molecule has 1 unspecified atom stereocenters. The Labute approximate surface area is 113 Å². The number of nitrogens with zero attached hydrogens (tertiary/aromatic N) is 1. The smallest absolute Gasteiger partial charge is 0.227 e. The first-order valence-corrected chi connectivity index (χ1v) is 6.55. The van der Waals surface area contributed by atoms with Gasteiger partial charge in [0.2, 0.25) is 5.91 Å². The quantitative estimate of drug-likeness (QED) is 0.853. The third kappa shape index (κ3) is 4.22. The SMILES string of the molecule is CN(C)c1ccc(NC(=O)CC2CNCCO2)cc1. The summed E-state index contributed by atoms with van der Waals surface area (Å²) in [6.07, 6.45) is 0.373. The lowest BCUT2D eigenvalue weighted by Gasteiger charge is -2.23. The molecule has 0 saturated carbocycles. The predicted octanol–water partition coefficient (Wildman–Crippen LogP) is 1.07. The number of nitrogens with one attached hydrogen (secondary N) is 2. The van der Waals surface area contributed by atoms with Crippen molar-refractivity contribution in [2.75, 3.05) is 44.0 Å². The molecular weight excluding hydrogens is 242 g/mol. The Balaban J connectivity index is 1.84. The highest BCUT2D eigenvalue weighted by Crippen LogP contribution is 2.16. The highest BCUT2D eigenvalue weighted by Gasteiger charge is 2.17. The average molecular weight is 263 g/mol. The molecule has 19 heavy (non-hydrogen) atoms. The molecule has 0 aromatic heterocycles. The zero-order chi connectivity index (χ0) is 13.7. The van der Waals surface area contributed by atoms with Crippen molar-refractivity contribution in [2.45, 2.75) is 12.5 Å². The van der Waals surface area contributed by atoms with Gasteiger partial charge in [0.1, 0.15) is 0 Å². The molecule has 0 bridgehead atoms. The number of ether oxygens (including phenoxy) is 1. The topological polar surface area (TPSA) is 53.6 Å². The minimum atomic E-state index is -0.0187. The number of morpholine rings is 1. The first-order valence-electron chi connectivity index (χ1n) is 6.55. The molecule has 1 fully saturated rings. The Hall–Kier alpha value is -1.59. The van der Waals surface area contributed by atoms with Crippen LogP contribution in [-0.2, 0) is 9.53 Å². The fraction of sp³-hybridized carbons (Fsp3) is 0.500. The molecule has 1 aromatic rings. The van der Waals surface area contributed by atoms with Crippen molar-refractivity contribution in [1.82, 2.24) is 5.32 Å². The van der Waals surface area contributed by atoms with Gasteiger partial charge in [0.15, 0.2) is 0 Å². The maximum atomic E-state index is 11.9. The van der Waals surface area contributed by atoms with Crippen LogP contribution in [0.15, 0.2) is 24.3 Å². The summed E-state index contributed by atoms with van der Waals surface area (Å²) in [4.78, 5) is 13.9. The van der Waals surface area contributed by atoms with E-state index in [-0.39, 0.29) is 12.0 Å². The summed E-state index contributed by atoms with van der Waals surface area (Å²) in [5, 5.41) is 6.10. The van der Waals surface area contributed by atoms with E-state index in [4.69, 9.17) is 4.74 Å². The molecular formula is C14H21N3O2. The maximum Gasteiger partial charge on any atom is 0.227 e. The molecule has 2 rings (SSSR count). The number of hydrogen-bond donors (Lipinski definition) is 2. The largest absolute Gasteiger partial charge is 0.378 e. The van der Waals surface area contributed by atoms with Crippen molar-refractivity contribution in [3.8, 4) is 0 Å². The first-order chi connectivity index (χ1) is 9.15. The maximum absolute atomic E-state index is 11.9. The van der Waals surface area contributed by atoms with E-state index < -0.39 is 0 Å². The molecule has 1 heterocycles. The van der Waals surface area contributed by atoms with E-state index in [2.05, 4.69) is 10.6 Å². The van der Waals surface area contributed by atoms with E-state index in [0.29, 0.717) is 13.0 Å². The van der Waals surface area contributed by atoms with Gasteiger partial charge in [-0.3, -0.25) is 4.79 Å². The van der Waals surface area contributed by atoms with Gasteiger partial charge in [-0.2, -0.15) is 0 Å². The molecule has 1 aliphatic rings. The molecule has 1 atom stereocenters. The van der Waals surface area contributed by atoms with Gasteiger partial charge < -0.3 is 20.3 Å². The minimum absolute atomic E-state index is 0.00805. The fourth-order valence-electron chi connectivity index (χ4n) is 2.01. The van der Waals surface area contributed by atoms with Crippen molar-refractivity contribution in [3.63, 3.8) is 0 Å². The van der Waals surface area contributed by atoms with Gasteiger partial charge in [-0.1, -0.05) is 0 Å². The number of carbonyl (C=O) groups is 1. The van der Waals surface area contributed by atoms with Gasteiger partial charge >= 0.3 is 0 Å². The van der Waals surface area contributed by atoms with Crippen LogP contribution < -0.4 is 15.5 Å². The summed E-state index contributed by atoms with van der Waals surface area (Å²) in [7, 11) is 3.97. The van der Waals surface area contributed by atoms with E-state index in [0.717, 1.165) is 24.5 Å². The lowest BCUT2D eigenvalue weighted by atomic mass is 10.2. The molecule has 0 spiro atoms. The average Bonchev–Trinajstić information content (AvgIpc) is 2.40. The standard InChI is InChI=1S/C14H21N3O2/c1-17(2)12-5-3-11(4-6-12)16-14(18)9-13-10-15-7-8-19-13/h3-6,13,15H,7-10H2,1-2H3,(H,16,18). The van der Waals surface area contributed by atoms with Crippen LogP contribution >= 0.6 is 0 Å². The number of anilines is 2. The molecule has 1 saturated heterocycles. The minimum Gasteiger partial charge on any atom is -0.378 e. The van der Waals surface area contributed by atoms with E-state index in [1.807, 2.05) is 43.3 Å². The zero-order valence-corrected chi connectivity index (χ0v) is 11.5. The van der Waals surface area contributed by atoms with Crippen LogP contribution in [0.5, 0.6) is 0 Å². The predicted molar refractivity (Wildman–Crippen MR) is 76.6 cm³/mol. The number of rotatable bonds is 4. The highest BCUT2D eigenvalue weighted by molar-refractivity contribution is 5.91. The van der Waals surface area contributed by atoms with Gasteiger partial charge in [-0.05, 0) is 24.3 Å². The van der Waals surface area contributed by atoms with Gasteiger partial charge in [-0.15, -0.1) is 0 Å². The Morgan fingerprint density at radius 1 is 1.42 bits per heavy atom. The molecule has 0 radical (unpaired) electrons.